The van der Waals surface area contributed by atoms with Crippen molar-refractivity contribution in [3.63, 3.8) is 0 Å². The predicted octanol–water partition coefficient (Wildman–Crippen LogP) is -0.0861. The number of nitrogens with one attached hydrogen (secondary N) is 2. The molecule has 4 N–H and O–H groups in total. The number of urea groups is 1. The van der Waals surface area contributed by atoms with Crippen molar-refractivity contribution in [2.75, 3.05) is 31.8 Å². The lowest BCUT2D eigenvalue weighted by atomic mass is 10.2. The fraction of sp³-hybridized carbons (Fsp3) is 0.389. The maximum atomic E-state index is 12.9. The van der Waals surface area contributed by atoms with Crippen LogP contribution in [0.15, 0.2) is 18.2 Å². The van der Waals surface area contributed by atoms with Gasteiger partial charge >= 0.3 is 6.03 Å². The fourth-order valence-electron chi connectivity index (χ4n) is 2.68. The number of methoxy groups -OCH3 is 1. The van der Waals surface area contributed by atoms with Crippen LogP contribution < -0.4 is 26.0 Å². The second-order valence-electron chi connectivity index (χ2n) is 6.32. The van der Waals surface area contributed by atoms with Crippen molar-refractivity contribution < 1.29 is 28.7 Å². The summed E-state index contributed by atoms with van der Waals surface area (Å²) in [6, 6.07) is 4.75. The van der Waals surface area contributed by atoms with Gasteiger partial charge in [-0.05, 0) is 40.8 Å². The van der Waals surface area contributed by atoms with Crippen molar-refractivity contribution >= 4 is 57.9 Å². The molecule has 0 saturated carbocycles. The van der Waals surface area contributed by atoms with E-state index in [-0.39, 0.29) is 39.0 Å². The smallest absolute Gasteiger partial charge is 0.332 e. The topological polar surface area (TPSA) is 151 Å². The van der Waals surface area contributed by atoms with Gasteiger partial charge in [0.25, 0.3) is 0 Å². The van der Waals surface area contributed by atoms with Gasteiger partial charge in [0.05, 0.1) is 19.3 Å². The van der Waals surface area contributed by atoms with Crippen molar-refractivity contribution in [1.29, 1.82) is 0 Å². The summed E-state index contributed by atoms with van der Waals surface area (Å²) in [5.41, 5.74) is 5.48. The Morgan fingerprint density at radius 3 is 2.57 bits per heavy atom. The van der Waals surface area contributed by atoms with E-state index in [1.54, 1.807) is 12.1 Å². The molecule has 1 fully saturated rings. The number of carbonyl (C=O) groups is 5. The Kier molecular flexibility index (Phi) is 8.38. The minimum atomic E-state index is -0.619. The molecule has 1 aliphatic heterocycles. The van der Waals surface area contributed by atoms with Gasteiger partial charge in [0.1, 0.15) is 12.4 Å². The molecular weight excluding hydrogens is 509 g/mol. The van der Waals surface area contributed by atoms with Crippen LogP contribution in [0.1, 0.15) is 19.3 Å². The highest BCUT2D eigenvalue weighted by molar-refractivity contribution is 14.1. The number of halogens is 1. The molecule has 0 radical (unpaired) electrons. The molecule has 0 atom stereocenters. The molecule has 0 aliphatic carbocycles. The van der Waals surface area contributed by atoms with Crippen LogP contribution in [0.4, 0.5) is 10.5 Å². The van der Waals surface area contributed by atoms with E-state index >= 15 is 0 Å². The van der Waals surface area contributed by atoms with Gasteiger partial charge < -0.3 is 21.1 Å². The third-order valence-electron chi connectivity index (χ3n) is 4.22. The lowest BCUT2D eigenvalue weighted by Crippen LogP contribution is -2.56. The quantitative estimate of drug-likeness (QED) is 0.379. The molecule has 12 heteroatoms. The number of hydrogen-bond donors (Lipinski definition) is 3. The molecular formula is C18H22IN5O6. The molecule has 162 valence electrons. The zero-order valence-corrected chi connectivity index (χ0v) is 18.4. The normalized spacial score (nSPS) is 13.8. The first-order chi connectivity index (χ1) is 14.2. The van der Waals surface area contributed by atoms with E-state index in [2.05, 4.69) is 33.2 Å². The van der Waals surface area contributed by atoms with Crippen molar-refractivity contribution in [3.8, 4) is 5.75 Å². The summed E-state index contributed by atoms with van der Waals surface area (Å²) in [7, 11) is 1.49. The summed E-state index contributed by atoms with van der Waals surface area (Å²) in [4.78, 5) is 61.5. The molecule has 0 unspecified atom stereocenters. The maximum Gasteiger partial charge on any atom is 0.332 e. The van der Waals surface area contributed by atoms with Crippen LogP contribution in [-0.4, -0.2) is 61.4 Å². The summed E-state index contributed by atoms with van der Waals surface area (Å²) in [5, 5.41) is 4.75. The van der Waals surface area contributed by atoms with Crippen molar-refractivity contribution in [2.24, 2.45) is 5.73 Å². The molecule has 6 amide bonds. The summed E-state index contributed by atoms with van der Waals surface area (Å²) >= 11 is 2.11. The zero-order chi connectivity index (χ0) is 22.3. The molecule has 0 spiro atoms. The monoisotopic (exact) mass is 531 g/mol. The average Bonchev–Trinajstić information content (AvgIpc) is 2.70. The second-order valence-corrected chi connectivity index (χ2v) is 7.57. The van der Waals surface area contributed by atoms with Gasteiger partial charge in [-0.15, -0.1) is 0 Å². The standard InChI is InChI=1S/C18H22IN5O6/c1-30-13-3-2-11(19)8-12(13)23-7-6-17(28)24(18(23)29)10-22-16(27)9-21-15(26)5-4-14(20)25/h2-3,8H,4-7,9-10H2,1H3,(H2,20,25)(H,21,26)(H,22,27). The third-order valence-corrected chi connectivity index (χ3v) is 4.89. The number of ether oxygens (including phenoxy) is 1. The van der Waals surface area contributed by atoms with Crippen LogP contribution in [-0.2, 0) is 19.2 Å². The Bertz CT molecular complexity index is 861. The molecule has 0 aromatic heterocycles. The summed E-state index contributed by atoms with van der Waals surface area (Å²) < 4.78 is 6.20. The first-order valence-corrected chi connectivity index (χ1v) is 10.1. The molecule has 1 aromatic carbocycles. The van der Waals surface area contributed by atoms with E-state index in [0.717, 1.165) is 8.47 Å². The van der Waals surface area contributed by atoms with Gasteiger partial charge in [-0.2, -0.15) is 0 Å². The highest BCUT2D eigenvalue weighted by atomic mass is 127. The number of hydrogen-bond acceptors (Lipinski definition) is 6. The highest BCUT2D eigenvalue weighted by Crippen LogP contribution is 2.32. The molecule has 30 heavy (non-hydrogen) atoms. The predicted molar refractivity (Wildman–Crippen MR) is 114 cm³/mol. The van der Waals surface area contributed by atoms with Gasteiger partial charge in [-0.25, -0.2) is 9.69 Å². The first-order valence-electron chi connectivity index (χ1n) is 9.00. The largest absolute Gasteiger partial charge is 0.495 e. The van der Waals surface area contributed by atoms with Crippen LogP contribution in [0.3, 0.4) is 0 Å². The molecule has 1 aromatic rings. The molecule has 11 nitrogen and oxygen atoms in total. The number of primary amides is 1. The number of nitrogens with two attached hydrogens (primary N) is 1. The van der Waals surface area contributed by atoms with Gasteiger partial charge in [-0.3, -0.25) is 24.1 Å². The molecule has 2 rings (SSSR count). The minimum absolute atomic E-state index is 0.0834. The Hall–Kier alpha value is -2.90. The average molecular weight is 531 g/mol. The van der Waals surface area contributed by atoms with E-state index in [1.807, 2.05) is 6.07 Å². The van der Waals surface area contributed by atoms with Gasteiger partial charge in [0, 0.05) is 29.4 Å². The molecule has 0 bridgehead atoms. The maximum absolute atomic E-state index is 12.9. The van der Waals surface area contributed by atoms with Crippen molar-refractivity contribution in [1.82, 2.24) is 15.5 Å². The number of rotatable bonds is 9. The molecule has 1 saturated heterocycles. The summed E-state index contributed by atoms with van der Waals surface area (Å²) in [5.74, 6) is -1.66. The lowest BCUT2D eigenvalue weighted by molar-refractivity contribution is -0.130. The summed E-state index contributed by atoms with van der Waals surface area (Å²) in [6.07, 6.45) is -0.166. The Balaban J connectivity index is 1.95. The molecule has 1 heterocycles. The Morgan fingerprint density at radius 2 is 1.90 bits per heavy atom. The number of benzene rings is 1. The second kappa shape index (κ2) is 10.8. The van der Waals surface area contributed by atoms with Crippen LogP contribution in [0.25, 0.3) is 0 Å². The van der Waals surface area contributed by atoms with E-state index in [1.165, 1.54) is 12.0 Å². The Morgan fingerprint density at radius 1 is 1.17 bits per heavy atom. The Labute approximate surface area is 186 Å². The van der Waals surface area contributed by atoms with Gasteiger partial charge in [-0.1, -0.05) is 0 Å². The molecule has 1 aliphatic rings. The zero-order valence-electron chi connectivity index (χ0n) is 16.3. The van der Waals surface area contributed by atoms with E-state index < -0.39 is 29.7 Å². The van der Waals surface area contributed by atoms with Crippen LogP contribution in [0.2, 0.25) is 0 Å². The SMILES string of the molecule is COc1ccc(I)cc1N1CCC(=O)N(CNC(=O)CNC(=O)CCC(N)=O)C1=O. The number of amides is 6. The highest BCUT2D eigenvalue weighted by Gasteiger charge is 2.34. The summed E-state index contributed by atoms with van der Waals surface area (Å²) in [6.45, 7) is -0.507. The number of imide groups is 1. The van der Waals surface area contributed by atoms with Crippen molar-refractivity contribution in [3.05, 3.63) is 21.8 Å². The minimum Gasteiger partial charge on any atom is -0.495 e. The van der Waals surface area contributed by atoms with Crippen molar-refractivity contribution in [2.45, 2.75) is 19.3 Å². The van der Waals surface area contributed by atoms with Crippen LogP contribution in [0, 0.1) is 3.57 Å². The number of anilines is 1. The number of carbonyl (C=O) groups excluding carboxylic acids is 5. The first kappa shape index (κ1) is 23.4. The number of nitrogens with zero attached hydrogens (tertiary/aromatic N) is 2. The van der Waals surface area contributed by atoms with Crippen LogP contribution >= 0.6 is 22.6 Å². The third kappa shape index (κ3) is 6.30. The lowest BCUT2D eigenvalue weighted by Gasteiger charge is -2.34. The van der Waals surface area contributed by atoms with Gasteiger partial charge in [0.15, 0.2) is 0 Å². The van der Waals surface area contributed by atoms with E-state index in [0.29, 0.717) is 11.4 Å². The van der Waals surface area contributed by atoms with Gasteiger partial charge in [0.2, 0.25) is 23.6 Å². The van der Waals surface area contributed by atoms with E-state index in [4.69, 9.17) is 10.5 Å². The fourth-order valence-corrected chi connectivity index (χ4v) is 3.15. The van der Waals surface area contributed by atoms with E-state index in [9.17, 15) is 24.0 Å². The van der Waals surface area contributed by atoms with Crippen LogP contribution in [0.5, 0.6) is 5.75 Å².